The van der Waals surface area contributed by atoms with E-state index in [9.17, 15) is 4.79 Å². The fraction of sp³-hybridized carbons (Fsp3) is 0.435. The van der Waals surface area contributed by atoms with E-state index >= 15 is 0 Å². The highest BCUT2D eigenvalue weighted by molar-refractivity contribution is 5.91. The molecule has 5 nitrogen and oxygen atoms in total. The predicted octanol–water partition coefficient (Wildman–Crippen LogP) is 3.76. The summed E-state index contributed by atoms with van der Waals surface area (Å²) in [6, 6.07) is 18.5. The predicted molar refractivity (Wildman–Crippen MR) is 115 cm³/mol. The van der Waals surface area contributed by atoms with Crippen molar-refractivity contribution in [3.05, 3.63) is 60.2 Å². The molecule has 1 saturated heterocycles. The molecule has 0 aromatic heterocycles. The Morgan fingerprint density at radius 2 is 1.75 bits per heavy atom. The molecule has 1 fully saturated rings. The number of benzene rings is 2. The molecule has 1 heterocycles. The number of ether oxygens (including phenoxy) is 1. The van der Waals surface area contributed by atoms with Crippen molar-refractivity contribution >= 4 is 17.3 Å². The number of rotatable bonds is 9. The van der Waals surface area contributed by atoms with Gasteiger partial charge in [0.25, 0.3) is 0 Å². The quantitative estimate of drug-likeness (QED) is 0.718. The molecule has 0 radical (unpaired) electrons. The van der Waals surface area contributed by atoms with Gasteiger partial charge in [-0.2, -0.15) is 0 Å². The van der Waals surface area contributed by atoms with Gasteiger partial charge in [0.15, 0.2) is 0 Å². The van der Waals surface area contributed by atoms with Gasteiger partial charge in [-0.05, 0) is 42.8 Å². The standard InChI is InChI=1S/C23H31N3O2/c1-2-13-25(19-20-6-4-3-5-7-20)14-12-23(27)24-21-8-10-22(11-9-21)26-15-17-28-18-16-26/h3-11H,2,12-19H2,1H3,(H,24,27). The molecule has 5 heteroatoms. The van der Waals surface area contributed by atoms with E-state index in [1.165, 1.54) is 11.3 Å². The van der Waals surface area contributed by atoms with Crippen molar-refractivity contribution < 1.29 is 9.53 Å². The third kappa shape index (κ3) is 6.36. The first-order chi connectivity index (χ1) is 13.7. The molecule has 1 aliphatic heterocycles. The molecule has 0 saturated carbocycles. The van der Waals surface area contributed by atoms with Crippen LogP contribution < -0.4 is 10.2 Å². The van der Waals surface area contributed by atoms with Crippen LogP contribution in [0.4, 0.5) is 11.4 Å². The lowest BCUT2D eigenvalue weighted by Crippen LogP contribution is -2.36. The van der Waals surface area contributed by atoms with E-state index in [1.807, 2.05) is 18.2 Å². The second kappa shape index (κ2) is 10.8. The lowest BCUT2D eigenvalue weighted by atomic mass is 10.2. The van der Waals surface area contributed by atoms with Gasteiger partial charge in [-0.3, -0.25) is 9.69 Å². The van der Waals surface area contributed by atoms with Gasteiger partial charge in [-0.1, -0.05) is 37.3 Å². The first kappa shape index (κ1) is 20.4. The van der Waals surface area contributed by atoms with Crippen LogP contribution in [0.2, 0.25) is 0 Å². The molecule has 1 N–H and O–H groups in total. The number of hydrogen-bond acceptors (Lipinski definition) is 4. The normalized spacial score (nSPS) is 14.3. The highest BCUT2D eigenvalue weighted by atomic mass is 16.5. The SMILES string of the molecule is CCCN(CCC(=O)Nc1ccc(N2CCOCC2)cc1)Cc1ccccc1. The molecule has 1 aliphatic rings. The molecule has 0 aliphatic carbocycles. The van der Waals surface area contributed by atoms with Crippen molar-refractivity contribution in [2.24, 2.45) is 0 Å². The smallest absolute Gasteiger partial charge is 0.225 e. The summed E-state index contributed by atoms with van der Waals surface area (Å²) in [5.41, 5.74) is 3.32. The van der Waals surface area contributed by atoms with Crippen LogP contribution in [0.3, 0.4) is 0 Å². The van der Waals surface area contributed by atoms with Crippen molar-refractivity contribution in [2.45, 2.75) is 26.3 Å². The number of hydrogen-bond donors (Lipinski definition) is 1. The van der Waals surface area contributed by atoms with Crippen LogP contribution in [0.1, 0.15) is 25.3 Å². The average molecular weight is 382 g/mol. The summed E-state index contributed by atoms with van der Waals surface area (Å²) in [7, 11) is 0. The van der Waals surface area contributed by atoms with Crippen molar-refractivity contribution in [1.82, 2.24) is 4.90 Å². The van der Waals surface area contributed by atoms with Gasteiger partial charge < -0.3 is 15.0 Å². The Bertz CT molecular complexity index is 712. The maximum Gasteiger partial charge on any atom is 0.225 e. The molecule has 0 atom stereocenters. The van der Waals surface area contributed by atoms with Crippen LogP contribution in [-0.4, -0.2) is 50.2 Å². The lowest BCUT2D eigenvalue weighted by Gasteiger charge is -2.28. The van der Waals surface area contributed by atoms with Crippen molar-refractivity contribution in [1.29, 1.82) is 0 Å². The minimum Gasteiger partial charge on any atom is -0.378 e. The third-order valence-corrected chi connectivity index (χ3v) is 4.97. The maximum absolute atomic E-state index is 12.4. The number of amides is 1. The monoisotopic (exact) mass is 381 g/mol. The molecule has 1 amide bonds. The van der Waals surface area contributed by atoms with Crippen molar-refractivity contribution in [3.63, 3.8) is 0 Å². The van der Waals surface area contributed by atoms with Crippen molar-refractivity contribution in [2.75, 3.05) is 49.6 Å². The fourth-order valence-electron chi connectivity index (χ4n) is 3.49. The molecule has 150 valence electrons. The van der Waals surface area contributed by atoms with E-state index < -0.39 is 0 Å². The Kier molecular flexibility index (Phi) is 7.88. The minimum absolute atomic E-state index is 0.0632. The minimum atomic E-state index is 0.0632. The molecule has 0 unspecified atom stereocenters. The fourth-order valence-corrected chi connectivity index (χ4v) is 3.49. The summed E-state index contributed by atoms with van der Waals surface area (Å²) < 4.78 is 5.40. The van der Waals surface area contributed by atoms with Gasteiger partial charge in [-0.15, -0.1) is 0 Å². The Hall–Kier alpha value is -2.37. The van der Waals surface area contributed by atoms with Gasteiger partial charge in [0.1, 0.15) is 0 Å². The highest BCUT2D eigenvalue weighted by Crippen LogP contribution is 2.19. The van der Waals surface area contributed by atoms with E-state index in [1.54, 1.807) is 0 Å². The van der Waals surface area contributed by atoms with E-state index in [4.69, 9.17) is 4.74 Å². The third-order valence-electron chi connectivity index (χ3n) is 4.97. The summed E-state index contributed by atoms with van der Waals surface area (Å²) in [5, 5.41) is 3.02. The number of nitrogens with zero attached hydrogens (tertiary/aromatic N) is 2. The summed E-state index contributed by atoms with van der Waals surface area (Å²) in [6.07, 6.45) is 1.58. The highest BCUT2D eigenvalue weighted by Gasteiger charge is 2.12. The summed E-state index contributed by atoms with van der Waals surface area (Å²) >= 11 is 0. The van der Waals surface area contributed by atoms with Crippen LogP contribution in [0.15, 0.2) is 54.6 Å². The second-order valence-corrected chi connectivity index (χ2v) is 7.21. The summed E-state index contributed by atoms with van der Waals surface area (Å²) in [5.74, 6) is 0.0632. The van der Waals surface area contributed by atoms with E-state index in [0.29, 0.717) is 6.42 Å². The van der Waals surface area contributed by atoms with Gasteiger partial charge in [-0.25, -0.2) is 0 Å². The lowest BCUT2D eigenvalue weighted by molar-refractivity contribution is -0.116. The van der Waals surface area contributed by atoms with Crippen LogP contribution in [0.5, 0.6) is 0 Å². The van der Waals surface area contributed by atoms with Gasteiger partial charge >= 0.3 is 0 Å². The van der Waals surface area contributed by atoms with Gasteiger partial charge in [0.05, 0.1) is 13.2 Å². The molecule has 2 aromatic carbocycles. The summed E-state index contributed by atoms with van der Waals surface area (Å²) in [4.78, 5) is 17.0. The number of carbonyl (C=O) groups excluding carboxylic acids is 1. The van der Waals surface area contributed by atoms with Gasteiger partial charge in [0.2, 0.25) is 5.91 Å². The maximum atomic E-state index is 12.4. The zero-order valence-electron chi connectivity index (χ0n) is 16.8. The Morgan fingerprint density at radius 3 is 2.43 bits per heavy atom. The first-order valence-electron chi connectivity index (χ1n) is 10.2. The topological polar surface area (TPSA) is 44.8 Å². The van der Waals surface area contributed by atoms with Crippen LogP contribution in [-0.2, 0) is 16.1 Å². The molecule has 0 spiro atoms. The zero-order chi connectivity index (χ0) is 19.6. The molecular formula is C23H31N3O2. The second-order valence-electron chi connectivity index (χ2n) is 7.21. The number of nitrogens with one attached hydrogen (secondary N) is 1. The average Bonchev–Trinajstić information content (AvgIpc) is 2.74. The first-order valence-corrected chi connectivity index (χ1v) is 10.2. The Balaban J connectivity index is 1.47. The van der Waals surface area contributed by atoms with Crippen LogP contribution >= 0.6 is 0 Å². The van der Waals surface area contributed by atoms with Crippen LogP contribution in [0.25, 0.3) is 0 Å². The molecule has 0 bridgehead atoms. The largest absolute Gasteiger partial charge is 0.378 e. The zero-order valence-corrected chi connectivity index (χ0v) is 16.8. The number of anilines is 2. The van der Waals surface area contributed by atoms with E-state index in [0.717, 1.165) is 58.0 Å². The Labute approximate surface area is 168 Å². The molecular weight excluding hydrogens is 350 g/mol. The van der Waals surface area contributed by atoms with E-state index in [2.05, 4.69) is 58.4 Å². The Morgan fingerprint density at radius 1 is 1.04 bits per heavy atom. The number of morpholine rings is 1. The molecule has 2 aromatic rings. The summed E-state index contributed by atoms with van der Waals surface area (Å²) in [6.45, 7) is 8.20. The van der Waals surface area contributed by atoms with E-state index in [-0.39, 0.29) is 5.91 Å². The van der Waals surface area contributed by atoms with Crippen LogP contribution in [0, 0.1) is 0 Å². The van der Waals surface area contributed by atoms with Crippen molar-refractivity contribution in [3.8, 4) is 0 Å². The van der Waals surface area contributed by atoms with Gasteiger partial charge in [0, 0.05) is 44.0 Å². The molecule has 28 heavy (non-hydrogen) atoms. The number of carbonyl (C=O) groups is 1. The molecule has 3 rings (SSSR count).